The highest BCUT2D eigenvalue weighted by Gasteiger charge is 2.23. The molecule has 1 N–H and O–H groups in total. The van der Waals surface area contributed by atoms with Crippen molar-refractivity contribution >= 4 is 11.5 Å². The molecule has 1 aliphatic rings. The van der Waals surface area contributed by atoms with Gasteiger partial charge in [0.25, 0.3) is 0 Å². The van der Waals surface area contributed by atoms with Crippen LogP contribution in [-0.2, 0) is 0 Å². The van der Waals surface area contributed by atoms with Crippen molar-refractivity contribution in [3.05, 3.63) is 12.4 Å². The second kappa shape index (κ2) is 4.85. The van der Waals surface area contributed by atoms with Gasteiger partial charge in [0.05, 0.1) is 25.0 Å². The van der Waals surface area contributed by atoms with Gasteiger partial charge in [-0.3, -0.25) is 4.98 Å². The summed E-state index contributed by atoms with van der Waals surface area (Å²) in [5.41, 5.74) is 0.633. The SMILES string of the molecule is OCC1CCCCCN1c1cncc2nnnn12. The van der Waals surface area contributed by atoms with Crippen molar-refractivity contribution in [2.24, 2.45) is 0 Å². The highest BCUT2D eigenvalue weighted by molar-refractivity contribution is 5.46. The van der Waals surface area contributed by atoms with Crippen molar-refractivity contribution in [1.82, 2.24) is 25.0 Å². The van der Waals surface area contributed by atoms with Gasteiger partial charge >= 0.3 is 0 Å². The third-order valence-electron chi connectivity index (χ3n) is 3.47. The van der Waals surface area contributed by atoms with Gasteiger partial charge in [-0.1, -0.05) is 12.8 Å². The van der Waals surface area contributed by atoms with Gasteiger partial charge < -0.3 is 10.0 Å². The van der Waals surface area contributed by atoms with Gasteiger partial charge in [-0.15, -0.1) is 5.10 Å². The smallest absolute Gasteiger partial charge is 0.199 e. The zero-order chi connectivity index (χ0) is 12.4. The minimum absolute atomic E-state index is 0.129. The summed E-state index contributed by atoms with van der Waals surface area (Å²) in [6.07, 6.45) is 7.86. The summed E-state index contributed by atoms with van der Waals surface area (Å²) < 4.78 is 1.68. The van der Waals surface area contributed by atoms with Crippen LogP contribution < -0.4 is 4.90 Å². The van der Waals surface area contributed by atoms with Crippen LogP contribution in [0.25, 0.3) is 5.65 Å². The molecule has 0 radical (unpaired) electrons. The van der Waals surface area contributed by atoms with Crippen molar-refractivity contribution in [3.63, 3.8) is 0 Å². The number of fused-ring (bicyclic) bond motifs is 1. The van der Waals surface area contributed by atoms with Gasteiger partial charge in [0.2, 0.25) is 0 Å². The fourth-order valence-electron chi connectivity index (χ4n) is 2.53. The summed E-state index contributed by atoms with van der Waals surface area (Å²) in [4.78, 5) is 6.34. The van der Waals surface area contributed by atoms with Crippen LogP contribution in [0, 0.1) is 0 Å². The molecular weight excluding hydrogens is 232 g/mol. The maximum atomic E-state index is 9.55. The molecule has 0 aromatic carbocycles. The van der Waals surface area contributed by atoms with Crippen molar-refractivity contribution in [2.45, 2.75) is 31.7 Å². The first-order valence-corrected chi connectivity index (χ1v) is 6.30. The Hall–Kier alpha value is -1.76. The van der Waals surface area contributed by atoms with Gasteiger partial charge in [0, 0.05) is 6.54 Å². The molecule has 1 unspecified atom stereocenters. The first-order chi connectivity index (χ1) is 8.90. The van der Waals surface area contributed by atoms with E-state index in [0.717, 1.165) is 31.6 Å². The molecule has 1 saturated heterocycles. The Bertz CT molecular complexity index is 527. The third-order valence-corrected chi connectivity index (χ3v) is 3.47. The first-order valence-electron chi connectivity index (χ1n) is 6.30. The number of aliphatic hydroxyl groups excluding tert-OH is 1. The molecular formula is C11H16N6O. The van der Waals surface area contributed by atoms with Crippen molar-refractivity contribution < 1.29 is 5.11 Å². The molecule has 7 nitrogen and oxygen atoms in total. The molecule has 2 aromatic heterocycles. The predicted octanol–water partition coefficient (Wildman–Crippen LogP) is 0.261. The lowest BCUT2D eigenvalue weighted by molar-refractivity contribution is 0.254. The van der Waals surface area contributed by atoms with E-state index in [4.69, 9.17) is 0 Å². The van der Waals surface area contributed by atoms with E-state index in [1.807, 2.05) is 0 Å². The fraction of sp³-hybridized carbons (Fsp3) is 0.636. The predicted molar refractivity (Wildman–Crippen MR) is 65.3 cm³/mol. The molecule has 18 heavy (non-hydrogen) atoms. The first kappa shape index (κ1) is 11.3. The lowest BCUT2D eigenvalue weighted by atomic mass is 10.1. The second-order valence-electron chi connectivity index (χ2n) is 4.59. The molecule has 1 atom stereocenters. The number of anilines is 1. The minimum Gasteiger partial charge on any atom is -0.394 e. The van der Waals surface area contributed by atoms with E-state index in [-0.39, 0.29) is 12.6 Å². The Kier molecular flexibility index (Phi) is 3.06. The average molecular weight is 248 g/mol. The molecule has 3 rings (SSSR count). The van der Waals surface area contributed by atoms with Crippen LogP contribution in [0.5, 0.6) is 0 Å². The molecule has 0 aliphatic carbocycles. The van der Waals surface area contributed by atoms with Crippen LogP contribution in [0.15, 0.2) is 12.4 Å². The van der Waals surface area contributed by atoms with E-state index in [9.17, 15) is 5.11 Å². The van der Waals surface area contributed by atoms with E-state index >= 15 is 0 Å². The van der Waals surface area contributed by atoms with Crippen LogP contribution in [-0.4, -0.2) is 49.3 Å². The average Bonchev–Trinajstić information content (AvgIpc) is 2.76. The maximum absolute atomic E-state index is 9.55. The number of nitrogens with zero attached hydrogens (tertiary/aromatic N) is 6. The van der Waals surface area contributed by atoms with Crippen molar-refractivity contribution in [1.29, 1.82) is 0 Å². The van der Waals surface area contributed by atoms with Crippen LogP contribution in [0.1, 0.15) is 25.7 Å². The van der Waals surface area contributed by atoms with Gasteiger partial charge in [-0.05, 0) is 23.3 Å². The van der Waals surface area contributed by atoms with E-state index < -0.39 is 0 Å². The number of tetrazole rings is 1. The Balaban J connectivity index is 2.02. The summed E-state index contributed by atoms with van der Waals surface area (Å²) in [5, 5.41) is 21.1. The number of aliphatic hydroxyl groups is 1. The number of rotatable bonds is 2. The Morgan fingerprint density at radius 3 is 3.11 bits per heavy atom. The highest BCUT2D eigenvalue weighted by atomic mass is 16.3. The van der Waals surface area contributed by atoms with E-state index in [1.165, 1.54) is 6.42 Å². The molecule has 1 aliphatic heterocycles. The molecule has 96 valence electrons. The molecule has 2 aromatic rings. The monoisotopic (exact) mass is 248 g/mol. The van der Waals surface area contributed by atoms with Gasteiger partial charge in [-0.2, -0.15) is 4.52 Å². The minimum atomic E-state index is 0.129. The molecule has 7 heteroatoms. The maximum Gasteiger partial charge on any atom is 0.199 e. The summed E-state index contributed by atoms with van der Waals surface area (Å²) in [6.45, 7) is 1.06. The topological polar surface area (TPSA) is 79.4 Å². The van der Waals surface area contributed by atoms with Gasteiger partial charge in [0.15, 0.2) is 11.5 Å². The summed E-state index contributed by atoms with van der Waals surface area (Å²) >= 11 is 0. The van der Waals surface area contributed by atoms with Crippen LogP contribution in [0.2, 0.25) is 0 Å². The lowest BCUT2D eigenvalue weighted by Gasteiger charge is -2.30. The molecule has 3 heterocycles. The van der Waals surface area contributed by atoms with E-state index in [2.05, 4.69) is 25.4 Å². The molecule has 1 fully saturated rings. The van der Waals surface area contributed by atoms with Crippen LogP contribution in [0.3, 0.4) is 0 Å². The third kappa shape index (κ3) is 1.90. The Labute approximate surface area is 104 Å². The fourth-order valence-corrected chi connectivity index (χ4v) is 2.53. The Morgan fingerprint density at radius 1 is 1.28 bits per heavy atom. The van der Waals surface area contributed by atoms with Crippen molar-refractivity contribution in [3.8, 4) is 0 Å². The van der Waals surface area contributed by atoms with E-state index in [0.29, 0.717) is 5.65 Å². The van der Waals surface area contributed by atoms with Gasteiger partial charge in [-0.25, -0.2) is 0 Å². The number of aromatic nitrogens is 5. The number of hydrogen-bond acceptors (Lipinski definition) is 6. The number of hydrogen-bond donors (Lipinski definition) is 1. The molecule has 0 saturated carbocycles. The van der Waals surface area contributed by atoms with E-state index in [1.54, 1.807) is 16.9 Å². The second-order valence-corrected chi connectivity index (χ2v) is 4.59. The van der Waals surface area contributed by atoms with Crippen LogP contribution >= 0.6 is 0 Å². The van der Waals surface area contributed by atoms with Crippen molar-refractivity contribution in [2.75, 3.05) is 18.1 Å². The Morgan fingerprint density at radius 2 is 2.22 bits per heavy atom. The molecule has 0 amide bonds. The zero-order valence-electron chi connectivity index (χ0n) is 10.1. The highest BCUT2D eigenvalue weighted by Crippen LogP contribution is 2.23. The van der Waals surface area contributed by atoms with Gasteiger partial charge in [0.1, 0.15) is 0 Å². The summed E-state index contributed by atoms with van der Waals surface area (Å²) in [5.74, 6) is 0.860. The normalized spacial score (nSPS) is 21.2. The molecule has 0 spiro atoms. The lowest BCUT2D eigenvalue weighted by Crippen LogP contribution is -2.38. The quantitative estimate of drug-likeness (QED) is 0.821. The standard InChI is InChI=1S/C11H16N6O/c18-8-9-4-2-1-3-5-16(9)11-7-12-6-10-13-14-15-17(10)11/h6-7,9,18H,1-5,8H2. The largest absolute Gasteiger partial charge is 0.394 e. The summed E-state index contributed by atoms with van der Waals surface area (Å²) in [6, 6.07) is 0.129. The van der Waals surface area contributed by atoms with Crippen LogP contribution in [0.4, 0.5) is 5.82 Å². The zero-order valence-corrected chi connectivity index (χ0v) is 10.1. The summed E-state index contributed by atoms with van der Waals surface area (Å²) in [7, 11) is 0. The molecule has 0 bridgehead atoms.